The first kappa shape index (κ1) is 12.6. The highest BCUT2D eigenvalue weighted by molar-refractivity contribution is 5.31. The number of halogens is 3. The summed E-state index contributed by atoms with van der Waals surface area (Å²) in [5.74, 6) is 0.146. The second-order valence-electron chi connectivity index (χ2n) is 4.18. The molecule has 1 aliphatic heterocycles. The molecule has 1 atom stereocenters. The molecule has 1 aliphatic rings. The van der Waals surface area contributed by atoms with E-state index in [1.807, 2.05) is 0 Å². The number of nitriles is 1. The van der Waals surface area contributed by atoms with E-state index < -0.39 is 11.7 Å². The summed E-state index contributed by atoms with van der Waals surface area (Å²) >= 11 is 0. The van der Waals surface area contributed by atoms with E-state index in [1.54, 1.807) is 4.90 Å². The molecule has 0 aliphatic carbocycles. The summed E-state index contributed by atoms with van der Waals surface area (Å²) < 4.78 is 37.0. The highest BCUT2D eigenvalue weighted by atomic mass is 19.4. The summed E-state index contributed by atoms with van der Waals surface area (Å²) in [7, 11) is 0. The van der Waals surface area contributed by atoms with Crippen LogP contribution in [0.1, 0.15) is 18.4 Å². The predicted molar refractivity (Wildman–Crippen MR) is 57.6 cm³/mol. The first-order chi connectivity index (χ1) is 8.50. The Morgan fingerprint density at radius 3 is 2.56 bits per heavy atom. The molecule has 1 aromatic heterocycles. The fourth-order valence-corrected chi connectivity index (χ4v) is 1.90. The van der Waals surface area contributed by atoms with Crippen molar-refractivity contribution in [2.75, 3.05) is 18.0 Å². The molecule has 0 aromatic carbocycles. The SMILES string of the molecule is N#CC1CCCN(c2ncc(C(F)(F)F)cn2)C1. The van der Waals surface area contributed by atoms with Crippen molar-refractivity contribution in [3.8, 4) is 6.07 Å². The number of alkyl halides is 3. The fourth-order valence-electron chi connectivity index (χ4n) is 1.90. The van der Waals surface area contributed by atoms with Gasteiger partial charge in [0.05, 0.1) is 17.6 Å². The average molecular weight is 256 g/mol. The second kappa shape index (κ2) is 4.80. The van der Waals surface area contributed by atoms with Crippen molar-refractivity contribution in [2.24, 2.45) is 5.92 Å². The molecule has 0 N–H and O–H groups in total. The maximum absolute atomic E-state index is 12.3. The van der Waals surface area contributed by atoms with E-state index in [0.717, 1.165) is 25.2 Å². The molecule has 1 saturated heterocycles. The number of hydrogen-bond donors (Lipinski definition) is 0. The minimum Gasteiger partial charge on any atom is -0.340 e. The van der Waals surface area contributed by atoms with Crippen LogP contribution < -0.4 is 4.90 Å². The number of hydrogen-bond acceptors (Lipinski definition) is 4. The van der Waals surface area contributed by atoms with Gasteiger partial charge in [0.15, 0.2) is 0 Å². The van der Waals surface area contributed by atoms with Gasteiger partial charge in [0.2, 0.25) is 5.95 Å². The van der Waals surface area contributed by atoms with Crippen LogP contribution in [0.3, 0.4) is 0 Å². The van der Waals surface area contributed by atoms with Gasteiger partial charge in [-0.25, -0.2) is 9.97 Å². The van der Waals surface area contributed by atoms with Gasteiger partial charge < -0.3 is 4.90 Å². The summed E-state index contributed by atoms with van der Waals surface area (Å²) in [6.45, 7) is 1.14. The third-order valence-electron chi connectivity index (χ3n) is 2.85. The van der Waals surface area contributed by atoms with Crippen LogP contribution in [0.2, 0.25) is 0 Å². The molecule has 0 radical (unpaired) electrons. The molecule has 0 amide bonds. The Balaban J connectivity index is 2.12. The zero-order valence-corrected chi connectivity index (χ0v) is 9.48. The standard InChI is InChI=1S/C11H11F3N4/c12-11(13,14)9-5-16-10(17-6-9)18-3-1-2-8(4-15)7-18/h5-6,8H,1-3,7H2. The number of aromatic nitrogens is 2. The Morgan fingerprint density at radius 2 is 2.00 bits per heavy atom. The van der Waals surface area contributed by atoms with E-state index in [4.69, 9.17) is 5.26 Å². The molecule has 7 heteroatoms. The van der Waals surface area contributed by atoms with Crippen LogP contribution in [0.15, 0.2) is 12.4 Å². The number of piperidine rings is 1. The molecule has 2 rings (SSSR count). The van der Waals surface area contributed by atoms with Gasteiger partial charge in [-0.05, 0) is 12.8 Å². The first-order valence-electron chi connectivity index (χ1n) is 5.54. The second-order valence-corrected chi connectivity index (χ2v) is 4.18. The summed E-state index contributed by atoms with van der Waals surface area (Å²) in [6.07, 6.45) is -1.23. The van der Waals surface area contributed by atoms with Crippen LogP contribution >= 0.6 is 0 Å². The van der Waals surface area contributed by atoms with Gasteiger partial charge in [-0.1, -0.05) is 0 Å². The molecule has 96 valence electrons. The smallest absolute Gasteiger partial charge is 0.340 e. The van der Waals surface area contributed by atoms with Crippen LogP contribution in [0.5, 0.6) is 0 Å². The molecule has 1 fully saturated rings. The Labute approximate surface area is 102 Å². The van der Waals surface area contributed by atoms with Gasteiger partial charge in [-0.15, -0.1) is 0 Å². The van der Waals surface area contributed by atoms with Crippen molar-refractivity contribution in [1.82, 2.24) is 9.97 Å². The van der Waals surface area contributed by atoms with Gasteiger partial charge in [0, 0.05) is 25.5 Å². The molecular weight excluding hydrogens is 245 g/mol. The molecule has 0 spiro atoms. The molecule has 1 aromatic rings. The van der Waals surface area contributed by atoms with E-state index >= 15 is 0 Å². The lowest BCUT2D eigenvalue weighted by Crippen LogP contribution is -2.36. The van der Waals surface area contributed by atoms with E-state index in [1.165, 1.54) is 0 Å². The average Bonchev–Trinajstić information content (AvgIpc) is 2.38. The number of rotatable bonds is 1. The van der Waals surface area contributed by atoms with Crippen molar-refractivity contribution in [1.29, 1.82) is 5.26 Å². The maximum atomic E-state index is 12.3. The van der Waals surface area contributed by atoms with Crippen LogP contribution in [0, 0.1) is 17.2 Å². The van der Waals surface area contributed by atoms with E-state index in [2.05, 4.69) is 16.0 Å². The Bertz CT molecular complexity index is 449. The summed E-state index contributed by atoms with van der Waals surface area (Å²) in [5, 5.41) is 8.84. The third-order valence-corrected chi connectivity index (χ3v) is 2.85. The predicted octanol–water partition coefficient (Wildman–Crippen LogP) is 2.24. The Hall–Kier alpha value is -1.84. The maximum Gasteiger partial charge on any atom is 0.419 e. The van der Waals surface area contributed by atoms with Crippen molar-refractivity contribution in [3.63, 3.8) is 0 Å². The minimum absolute atomic E-state index is 0.107. The quantitative estimate of drug-likeness (QED) is 0.773. The lowest BCUT2D eigenvalue weighted by Gasteiger charge is -2.29. The van der Waals surface area contributed by atoms with Crippen LogP contribution in [0.4, 0.5) is 19.1 Å². The van der Waals surface area contributed by atoms with Gasteiger partial charge in [0.25, 0.3) is 0 Å². The third kappa shape index (κ3) is 2.70. The van der Waals surface area contributed by atoms with Gasteiger partial charge >= 0.3 is 6.18 Å². The largest absolute Gasteiger partial charge is 0.419 e. The van der Waals surface area contributed by atoms with Crippen molar-refractivity contribution < 1.29 is 13.2 Å². The van der Waals surface area contributed by atoms with E-state index in [-0.39, 0.29) is 11.9 Å². The van der Waals surface area contributed by atoms with E-state index in [0.29, 0.717) is 13.1 Å². The van der Waals surface area contributed by atoms with Crippen LogP contribution in [0.25, 0.3) is 0 Å². The lowest BCUT2D eigenvalue weighted by atomic mass is 10.0. The van der Waals surface area contributed by atoms with Crippen molar-refractivity contribution in [3.05, 3.63) is 18.0 Å². The number of nitrogens with zero attached hydrogens (tertiary/aromatic N) is 4. The minimum atomic E-state index is -4.42. The molecule has 18 heavy (non-hydrogen) atoms. The Morgan fingerprint density at radius 1 is 1.33 bits per heavy atom. The molecule has 0 bridgehead atoms. The zero-order valence-electron chi connectivity index (χ0n) is 9.48. The van der Waals surface area contributed by atoms with Crippen LogP contribution in [-0.4, -0.2) is 23.1 Å². The monoisotopic (exact) mass is 256 g/mol. The Kier molecular flexibility index (Phi) is 3.36. The summed E-state index contributed by atoms with van der Waals surface area (Å²) in [5.41, 5.74) is -0.861. The highest BCUT2D eigenvalue weighted by Gasteiger charge is 2.31. The lowest BCUT2D eigenvalue weighted by molar-refractivity contribution is -0.138. The first-order valence-corrected chi connectivity index (χ1v) is 5.54. The van der Waals surface area contributed by atoms with Crippen molar-refractivity contribution in [2.45, 2.75) is 19.0 Å². The fraction of sp³-hybridized carbons (Fsp3) is 0.545. The van der Waals surface area contributed by atoms with Crippen molar-refractivity contribution >= 4 is 5.95 Å². The molecule has 1 unspecified atom stereocenters. The molecule has 2 heterocycles. The van der Waals surface area contributed by atoms with Gasteiger partial charge in [0.1, 0.15) is 0 Å². The van der Waals surface area contributed by atoms with Crippen LogP contribution in [-0.2, 0) is 6.18 Å². The van der Waals surface area contributed by atoms with Gasteiger partial charge in [-0.3, -0.25) is 0 Å². The topological polar surface area (TPSA) is 52.8 Å². The normalized spacial score (nSPS) is 20.6. The number of anilines is 1. The molecule has 4 nitrogen and oxygen atoms in total. The highest BCUT2D eigenvalue weighted by Crippen LogP contribution is 2.28. The van der Waals surface area contributed by atoms with E-state index in [9.17, 15) is 13.2 Å². The molecule has 0 saturated carbocycles. The molecular formula is C11H11F3N4. The summed E-state index contributed by atoms with van der Waals surface area (Å²) in [4.78, 5) is 9.19. The zero-order chi connectivity index (χ0) is 13.2. The summed E-state index contributed by atoms with van der Waals surface area (Å²) in [6, 6.07) is 2.16. The van der Waals surface area contributed by atoms with Gasteiger partial charge in [-0.2, -0.15) is 18.4 Å².